The molecule has 1 amide bonds. The third kappa shape index (κ3) is 4.27. The molecule has 0 saturated heterocycles. The predicted octanol–water partition coefficient (Wildman–Crippen LogP) is 4.49. The van der Waals surface area contributed by atoms with Crippen LogP contribution in [0.2, 0.25) is 0 Å². The van der Waals surface area contributed by atoms with Gasteiger partial charge in [0.25, 0.3) is 0 Å². The largest absolute Gasteiger partial charge is 0.497 e. The van der Waals surface area contributed by atoms with E-state index in [1.165, 1.54) is 23.9 Å². The van der Waals surface area contributed by atoms with Gasteiger partial charge in [-0.3, -0.25) is 4.79 Å². The SMILES string of the molecule is COc1cccc(NC(=O)[C@@H]2Sc3nnc(-c4ccccc4)n3N[C@H]2c2ccc(F)cc2)c1. The third-order valence-corrected chi connectivity index (χ3v) is 6.51. The van der Waals surface area contributed by atoms with Gasteiger partial charge in [-0.05, 0) is 29.8 Å². The summed E-state index contributed by atoms with van der Waals surface area (Å²) in [5.74, 6) is 0.724. The topological polar surface area (TPSA) is 81.1 Å². The van der Waals surface area contributed by atoms with Gasteiger partial charge in [-0.1, -0.05) is 60.3 Å². The fourth-order valence-corrected chi connectivity index (χ4v) is 4.74. The molecule has 1 aliphatic heterocycles. The van der Waals surface area contributed by atoms with Crippen LogP contribution < -0.4 is 15.5 Å². The zero-order valence-electron chi connectivity index (χ0n) is 17.6. The maximum Gasteiger partial charge on any atom is 0.240 e. The lowest BCUT2D eigenvalue weighted by Gasteiger charge is -2.33. The van der Waals surface area contributed by atoms with E-state index in [2.05, 4.69) is 20.9 Å². The lowest BCUT2D eigenvalue weighted by Crippen LogP contribution is -2.41. The van der Waals surface area contributed by atoms with Crippen LogP contribution in [0.3, 0.4) is 0 Å². The van der Waals surface area contributed by atoms with Crippen molar-refractivity contribution in [2.24, 2.45) is 0 Å². The summed E-state index contributed by atoms with van der Waals surface area (Å²) in [5.41, 5.74) is 5.66. The Morgan fingerprint density at radius 1 is 1.06 bits per heavy atom. The normalized spacial score (nSPS) is 17.0. The molecule has 3 aromatic carbocycles. The van der Waals surface area contributed by atoms with Crippen LogP contribution in [0.5, 0.6) is 5.75 Å². The van der Waals surface area contributed by atoms with E-state index in [0.29, 0.717) is 22.4 Å². The molecule has 0 bridgehead atoms. The summed E-state index contributed by atoms with van der Waals surface area (Å²) in [6, 6.07) is 22.5. The highest BCUT2D eigenvalue weighted by molar-refractivity contribution is 8.00. The molecule has 0 fully saturated rings. The number of halogens is 1. The van der Waals surface area contributed by atoms with E-state index in [9.17, 15) is 9.18 Å². The molecule has 0 saturated carbocycles. The molecule has 2 heterocycles. The molecule has 0 radical (unpaired) electrons. The Kier molecular flexibility index (Phi) is 5.70. The number of carbonyl (C=O) groups excluding carboxylic acids is 1. The third-order valence-electron chi connectivity index (χ3n) is 5.29. The van der Waals surface area contributed by atoms with E-state index in [4.69, 9.17) is 4.74 Å². The first kappa shape index (κ1) is 21.0. The second-order valence-electron chi connectivity index (χ2n) is 7.43. The molecule has 2 atom stereocenters. The van der Waals surface area contributed by atoms with Crippen molar-refractivity contribution in [2.75, 3.05) is 17.9 Å². The number of aromatic nitrogens is 3. The van der Waals surface area contributed by atoms with Crippen molar-refractivity contribution in [2.45, 2.75) is 16.4 Å². The van der Waals surface area contributed by atoms with Gasteiger partial charge in [-0.15, -0.1) is 10.2 Å². The number of methoxy groups -OCH3 is 1. The van der Waals surface area contributed by atoms with Gasteiger partial charge in [0.1, 0.15) is 16.8 Å². The molecular weight excluding hydrogens is 441 g/mol. The van der Waals surface area contributed by atoms with Crippen molar-refractivity contribution in [3.05, 3.63) is 90.2 Å². The second kappa shape index (κ2) is 8.95. The number of fused-ring (bicyclic) bond motifs is 1. The van der Waals surface area contributed by atoms with E-state index < -0.39 is 11.3 Å². The second-order valence-corrected chi connectivity index (χ2v) is 8.53. The van der Waals surface area contributed by atoms with Gasteiger partial charge in [0.05, 0.1) is 13.2 Å². The molecule has 5 rings (SSSR count). The number of ether oxygens (including phenoxy) is 1. The smallest absolute Gasteiger partial charge is 0.240 e. The van der Waals surface area contributed by atoms with Crippen LogP contribution in [-0.4, -0.2) is 33.1 Å². The molecule has 4 aromatic rings. The average Bonchev–Trinajstić information content (AvgIpc) is 3.27. The Morgan fingerprint density at radius 2 is 1.85 bits per heavy atom. The summed E-state index contributed by atoms with van der Waals surface area (Å²) >= 11 is 1.31. The van der Waals surface area contributed by atoms with Crippen LogP contribution in [0.25, 0.3) is 11.4 Å². The Morgan fingerprint density at radius 3 is 2.61 bits per heavy atom. The number of hydrogen-bond donors (Lipinski definition) is 2. The van der Waals surface area contributed by atoms with E-state index in [1.54, 1.807) is 42.1 Å². The zero-order chi connectivity index (χ0) is 22.8. The molecular formula is C24H20FN5O2S. The van der Waals surface area contributed by atoms with Gasteiger partial charge in [-0.2, -0.15) is 0 Å². The lowest BCUT2D eigenvalue weighted by atomic mass is 10.0. The Labute approximate surface area is 194 Å². The number of carbonyl (C=O) groups is 1. The number of anilines is 1. The van der Waals surface area contributed by atoms with E-state index in [0.717, 1.165) is 11.1 Å². The molecule has 0 spiro atoms. The van der Waals surface area contributed by atoms with E-state index in [1.807, 2.05) is 36.4 Å². The van der Waals surface area contributed by atoms with Crippen LogP contribution in [0.1, 0.15) is 11.6 Å². The number of rotatable bonds is 5. The fraction of sp³-hybridized carbons (Fsp3) is 0.125. The molecule has 1 aliphatic rings. The minimum absolute atomic E-state index is 0.217. The molecule has 166 valence electrons. The Balaban J connectivity index is 1.50. The maximum absolute atomic E-state index is 13.6. The van der Waals surface area contributed by atoms with Crippen LogP contribution in [0, 0.1) is 5.82 Å². The fourth-order valence-electron chi connectivity index (χ4n) is 3.66. The average molecular weight is 462 g/mol. The lowest BCUT2D eigenvalue weighted by molar-refractivity contribution is -0.116. The van der Waals surface area contributed by atoms with Crippen LogP contribution in [0.15, 0.2) is 84.0 Å². The van der Waals surface area contributed by atoms with E-state index >= 15 is 0 Å². The summed E-state index contributed by atoms with van der Waals surface area (Å²) in [5, 5.41) is 11.6. The van der Waals surface area contributed by atoms with Crippen molar-refractivity contribution in [1.29, 1.82) is 0 Å². The zero-order valence-corrected chi connectivity index (χ0v) is 18.4. The predicted molar refractivity (Wildman–Crippen MR) is 125 cm³/mol. The summed E-state index contributed by atoms with van der Waals surface area (Å²) in [4.78, 5) is 13.4. The van der Waals surface area contributed by atoms with Crippen molar-refractivity contribution >= 4 is 23.4 Å². The summed E-state index contributed by atoms with van der Waals surface area (Å²) in [6.07, 6.45) is 0. The molecule has 1 aromatic heterocycles. The maximum atomic E-state index is 13.6. The van der Waals surface area contributed by atoms with Crippen molar-refractivity contribution in [3.63, 3.8) is 0 Å². The Hall–Kier alpha value is -3.85. The number of amides is 1. The Bertz CT molecular complexity index is 1280. The van der Waals surface area contributed by atoms with Crippen LogP contribution in [-0.2, 0) is 4.79 Å². The highest BCUT2D eigenvalue weighted by Gasteiger charge is 2.38. The van der Waals surface area contributed by atoms with Crippen molar-refractivity contribution < 1.29 is 13.9 Å². The van der Waals surface area contributed by atoms with Gasteiger partial charge >= 0.3 is 0 Å². The van der Waals surface area contributed by atoms with E-state index in [-0.39, 0.29) is 11.7 Å². The van der Waals surface area contributed by atoms with Gasteiger partial charge in [0, 0.05) is 17.3 Å². The first-order valence-electron chi connectivity index (χ1n) is 10.3. The molecule has 33 heavy (non-hydrogen) atoms. The molecule has 7 nitrogen and oxygen atoms in total. The number of nitrogens with one attached hydrogen (secondary N) is 2. The number of benzene rings is 3. The highest BCUT2D eigenvalue weighted by atomic mass is 32.2. The molecule has 2 N–H and O–H groups in total. The number of nitrogens with zero attached hydrogens (tertiary/aromatic N) is 3. The van der Waals surface area contributed by atoms with Crippen molar-refractivity contribution in [3.8, 4) is 17.1 Å². The van der Waals surface area contributed by atoms with Crippen LogP contribution >= 0.6 is 11.8 Å². The van der Waals surface area contributed by atoms with Crippen LogP contribution in [0.4, 0.5) is 10.1 Å². The number of hydrogen-bond acceptors (Lipinski definition) is 6. The summed E-state index contributed by atoms with van der Waals surface area (Å²) in [7, 11) is 1.57. The van der Waals surface area contributed by atoms with Gasteiger partial charge in [-0.25, -0.2) is 9.07 Å². The number of thioether (sulfide) groups is 1. The first-order chi connectivity index (χ1) is 16.1. The molecule has 9 heteroatoms. The first-order valence-corrected chi connectivity index (χ1v) is 11.1. The van der Waals surface area contributed by atoms with Gasteiger partial charge in [0.15, 0.2) is 5.82 Å². The molecule has 0 unspecified atom stereocenters. The van der Waals surface area contributed by atoms with Crippen molar-refractivity contribution in [1.82, 2.24) is 14.9 Å². The summed E-state index contributed by atoms with van der Waals surface area (Å²) < 4.78 is 20.6. The minimum Gasteiger partial charge on any atom is -0.497 e. The monoisotopic (exact) mass is 461 g/mol. The highest BCUT2D eigenvalue weighted by Crippen LogP contribution is 2.39. The minimum atomic E-state index is -0.581. The summed E-state index contributed by atoms with van der Waals surface area (Å²) in [6.45, 7) is 0. The molecule has 0 aliphatic carbocycles. The van der Waals surface area contributed by atoms with Gasteiger partial charge in [0.2, 0.25) is 11.1 Å². The van der Waals surface area contributed by atoms with Gasteiger partial charge < -0.3 is 15.5 Å². The quantitative estimate of drug-likeness (QED) is 0.456. The standard InChI is InChI=1S/C24H20FN5O2S/c1-32-19-9-5-8-18(14-19)26-23(31)21-20(15-10-12-17(25)13-11-15)29-30-22(27-28-24(30)33-21)16-6-3-2-4-7-16/h2-14,20-21,29H,1H3,(H,26,31)/t20-,21+/m0/s1.